The van der Waals surface area contributed by atoms with Crippen molar-refractivity contribution in [3.63, 3.8) is 0 Å². The zero-order valence-corrected chi connectivity index (χ0v) is 13.4. The lowest BCUT2D eigenvalue weighted by molar-refractivity contribution is -0.384. The van der Waals surface area contributed by atoms with Crippen LogP contribution in [-0.2, 0) is 14.9 Å². The Hall–Kier alpha value is -3.02. The Labute approximate surface area is 139 Å². The normalized spacial score (nSPS) is 10.9. The van der Waals surface area contributed by atoms with Crippen LogP contribution in [-0.4, -0.2) is 23.3 Å². The van der Waals surface area contributed by atoms with Gasteiger partial charge >= 0.3 is 5.97 Å². The van der Waals surface area contributed by atoms with Crippen molar-refractivity contribution >= 4 is 17.4 Å². The molecule has 6 heteroatoms. The maximum absolute atomic E-state index is 12.4. The van der Waals surface area contributed by atoms with Crippen LogP contribution >= 0.6 is 0 Å². The van der Waals surface area contributed by atoms with Crippen molar-refractivity contribution in [2.75, 3.05) is 6.61 Å². The van der Waals surface area contributed by atoms with Gasteiger partial charge in [0.15, 0.2) is 12.4 Å². The number of ether oxygens (including phenoxy) is 1. The van der Waals surface area contributed by atoms with Gasteiger partial charge in [-0.3, -0.25) is 14.9 Å². The molecule has 0 heterocycles. The molecule has 24 heavy (non-hydrogen) atoms. The van der Waals surface area contributed by atoms with Gasteiger partial charge in [-0.15, -0.1) is 0 Å². The van der Waals surface area contributed by atoms with E-state index < -0.39 is 16.3 Å². The maximum Gasteiger partial charge on any atom is 0.338 e. The average Bonchev–Trinajstić information content (AvgIpc) is 2.60. The highest BCUT2D eigenvalue weighted by atomic mass is 16.6. The number of rotatable bonds is 6. The summed E-state index contributed by atoms with van der Waals surface area (Å²) >= 11 is 0. The van der Waals surface area contributed by atoms with Crippen molar-refractivity contribution in [1.82, 2.24) is 0 Å². The van der Waals surface area contributed by atoms with Crippen LogP contribution in [0.1, 0.15) is 29.8 Å². The molecule has 0 radical (unpaired) electrons. The Morgan fingerprint density at radius 2 is 1.62 bits per heavy atom. The number of benzene rings is 2. The highest BCUT2D eigenvalue weighted by molar-refractivity contribution is 5.94. The zero-order valence-electron chi connectivity index (χ0n) is 13.4. The van der Waals surface area contributed by atoms with Gasteiger partial charge in [0.25, 0.3) is 5.69 Å². The van der Waals surface area contributed by atoms with Gasteiger partial charge in [0.1, 0.15) is 0 Å². The van der Waals surface area contributed by atoms with Crippen LogP contribution in [0.15, 0.2) is 54.6 Å². The Morgan fingerprint density at radius 3 is 2.17 bits per heavy atom. The summed E-state index contributed by atoms with van der Waals surface area (Å²) in [4.78, 5) is 34.4. The van der Waals surface area contributed by atoms with E-state index in [0.717, 1.165) is 5.56 Å². The fourth-order valence-electron chi connectivity index (χ4n) is 2.13. The van der Waals surface area contributed by atoms with Crippen LogP contribution in [0.2, 0.25) is 0 Å². The molecular formula is C18H17NO5. The van der Waals surface area contributed by atoms with Gasteiger partial charge in [-0.25, -0.2) is 4.79 Å². The third-order valence-corrected chi connectivity index (χ3v) is 3.84. The lowest BCUT2D eigenvalue weighted by Crippen LogP contribution is -2.33. The van der Waals surface area contributed by atoms with Gasteiger partial charge in [-0.2, -0.15) is 0 Å². The first-order chi connectivity index (χ1) is 11.3. The van der Waals surface area contributed by atoms with Crippen molar-refractivity contribution in [3.8, 4) is 0 Å². The third-order valence-electron chi connectivity index (χ3n) is 3.84. The smallest absolute Gasteiger partial charge is 0.338 e. The van der Waals surface area contributed by atoms with E-state index in [0.29, 0.717) is 0 Å². The van der Waals surface area contributed by atoms with E-state index >= 15 is 0 Å². The van der Waals surface area contributed by atoms with Crippen LogP contribution in [0.3, 0.4) is 0 Å². The van der Waals surface area contributed by atoms with Crippen LogP contribution in [0.25, 0.3) is 0 Å². The molecule has 0 aliphatic rings. The van der Waals surface area contributed by atoms with Gasteiger partial charge in [0, 0.05) is 12.1 Å². The van der Waals surface area contributed by atoms with Crippen molar-refractivity contribution in [2.45, 2.75) is 19.3 Å². The van der Waals surface area contributed by atoms with Crippen molar-refractivity contribution in [3.05, 3.63) is 75.8 Å². The van der Waals surface area contributed by atoms with Gasteiger partial charge in [0.2, 0.25) is 0 Å². The highest BCUT2D eigenvalue weighted by Gasteiger charge is 2.30. The number of hydrogen-bond acceptors (Lipinski definition) is 5. The van der Waals surface area contributed by atoms with Gasteiger partial charge in [0.05, 0.1) is 15.9 Å². The summed E-state index contributed by atoms with van der Waals surface area (Å²) < 4.78 is 5.04. The summed E-state index contributed by atoms with van der Waals surface area (Å²) in [7, 11) is 0. The largest absolute Gasteiger partial charge is 0.454 e. The Bertz CT molecular complexity index is 751. The average molecular weight is 327 g/mol. The molecule has 0 atom stereocenters. The summed E-state index contributed by atoms with van der Waals surface area (Å²) in [5.74, 6) is -0.925. The van der Waals surface area contributed by atoms with E-state index in [1.54, 1.807) is 13.8 Å². The molecule has 0 aromatic heterocycles. The number of carbonyl (C=O) groups excluding carboxylic acids is 2. The molecule has 0 unspecified atom stereocenters. The number of nitro benzene ring substituents is 1. The zero-order chi connectivity index (χ0) is 17.7. The van der Waals surface area contributed by atoms with Crippen LogP contribution in [0, 0.1) is 10.1 Å². The molecule has 2 aromatic carbocycles. The molecule has 2 aromatic rings. The SMILES string of the molecule is CC(C)(C(=O)COC(=O)c1ccc([N+](=O)[O-])cc1)c1ccccc1. The summed E-state index contributed by atoms with van der Waals surface area (Å²) in [5, 5.41) is 10.6. The monoisotopic (exact) mass is 327 g/mol. The first kappa shape index (κ1) is 17.3. The quantitative estimate of drug-likeness (QED) is 0.461. The minimum Gasteiger partial charge on any atom is -0.454 e. The number of nitro groups is 1. The first-order valence-electron chi connectivity index (χ1n) is 7.33. The molecule has 2 rings (SSSR count). The van der Waals surface area contributed by atoms with Gasteiger partial charge < -0.3 is 4.74 Å². The van der Waals surface area contributed by atoms with Crippen LogP contribution in [0.4, 0.5) is 5.69 Å². The lowest BCUT2D eigenvalue weighted by atomic mass is 9.81. The molecule has 0 aliphatic heterocycles. The number of esters is 1. The number of non-ortho nitro benzene ring substituents is 1. The minimum absolute atomic E-state index is 0.118. The molecule has 0 saturated heterocycles. The third kappa shape index (κ3) is 3.84. The maximum atomic E-state index is 12.4. The molecule has 0 fully saturated rings. The fourth-order valence-corrected chi connectivity index (χ4v) is 2.13. The lowest BCUT2D eigenvalue weighted by Gasteiger charge is -2.23. The topological polar surface area (TPSA) is 86.5 Å². The second-order valence-corrected chi connectivity index (χ2v) is 5.79. The predicted molar refractivity (Wildman–Crippen MR) is 87.9 cm³/mol. The molecule has 0 saturated carbocycles. The molecule has 0 N–H and O–H groups in total. The highest BCUT2D eigenvalue weighted by Crippen LogP contribution is 2.24. The molecule has 124 valence electrons. The standard InChI is InChI=1S/C18H17NO5/c1-18(2,14-6-4-3-5-7-14)16(20)12-24-17(21)13-8-10-15(11-9-13)19(22)23/h3-11H,12H2,1-2H3. The summed E-state index contributed by atoms with van der Waals surface area (Å²) in [5.41, 5.74) is 0.0944. The molecular weight excluding hydrogens is 310 g/mol. The second-order valence-electron chi connectivity index (χ2n) is 5.79. The fraction of sp³-hybridized carbons (Fsp3) is 0.222. The van der Waals surface area contributed by atoms with E-state index in [1.807, 2.05) is 30.3 Å². The Kier molecular flexibility index (Phi) is 5.08. The number of Topliss-reactive ketones (excluding diaryl/α,β-unsaturated/α-hetero) is 1. The molecule has 0 spiro atoms. The van der Waals surface area contributed by atoms with E-state index in [1.165, 1.54) is 24.3 Å². The summed E-state index contributed by atoms with van der Waals surface area (Å²) in [6, 6.07) is 14.3. The summed E-state index contributed by atoms with van der Waals surface area (Å²) in [6.07, 6.45) is 0. The first-order valence-corrected chi connectivity index (χ1v) is 7.33. The van der Waals surface area contributed by atoms with Gasteiger partial charge in [-0.05, 0) is 31.5 Å². The number of hydrogen-bond donors (Lipinski definition) is 0. The Morgan fingerprint density at radius 1 is 1.04 bits per heavy atom. The second kappa shape index (κ2) is 7.04. The van der Waals surface area contributed by atoms with Crippen molar-refractivity contribution in [1.29, 1.82) is 0 Å². The van der Waals surface area contributed by atoms with E-state index in [4.69, 9.17) is 4.74 Å². The van der Waals surface area contributed by atoms with Crippen LogP contribution in [0.5, 0.6) is 0 Å². The van der Waals surface area contributed by atoms with Crippen molar-refractivity contribution < 1.29 is 19.2 Å². The number of carbonyl (C=O) groups is 2. The predicted octanol–water partition coefficient (Wildman–Crippen LogP) is 3.30. The van der Waals surface area contributed by atoms with Crippen LogP contribution < -0.4 is 0 Å². The van der Waals surface area contributed by atoms with Gasteiger partial charge in [-0.1, -0.05) is 30.3 Å². The van der Waals surface area contributed by atoms with E-state index in [2.05, 4.69) is 0 Å². The number of ketones is 1. The Balaban J connectivity index is 2.00. The van der Waals surface area contributed by atoms with E-state index in [-0.39, 0.29) is 23.6 Å². The number of nitrogens with zero attached hydrogens (tertiary/aromatic N) is 1. The molecule has 0 bridgehead atoms. The van der Waals surface area contributed by atoms with Crippen molar-refractivity contribution in [2.24, 2.45) is 0 Å². The van der Waals surface area contributed by atoms with E-state index in [9.17, 15) is 19.7 Å². The summed E-state index contributed by atoms with van der Waals surface area (Å²) in [6.45, 7) is 3.17. The minimum atomic E-state index is -0.781. The molecule has 6 nitrogen and oxygen atoms in total. The molecule has 0 aliphatic carbocycles. The molecule has 0 amide bonds.